The minimum Gasteiger partial charge on any atom is -0.384 e. The molecule has 36 heavy (non-hydrogen) atoms. The predicted molar refractivity (Wildman–Crippen MR) is 132 cm³/mol. The Hall–Kier alpha value is -3.43. The Bertz CT molecular complexity index is 1500. The molecular formula is C27H25F3N2O3S. The highest BCUT2D eigenvalue weighted by atomic mass is 32.2. The summed E-state index contributed by atoms with van der Waals surface area (Å²) in [5.74, 6) is 0.343. The number of hydrogen-bond donors (Lipinski definition) is 1. The maximum Gasteiger partial charge on any atom is 0.416 e. The molecule has 0 aliphatic rings. The summed E-state index contributed by atoms with van der Waals surface area (Å²) in [6.45, 7) is 3.12. The van der Waals surface area contributed by atoms with Gasteiger partial charge in [-0.1, -0.05) is 42.5 Å². The Balaban J connectivity index is 1.75. The minimum atomic E-state index is -4.50. The minimum absolute atomic E-state index is 0.0772. The van der Waals surface area contributed by atoms with Crippen molar-refractivity contribution in [1.29, 1.82) is 0 Å². The van der Waals surface area contributed by atoms with Gasteiger partial charge in [-0.05, 0) is 60.9 Å². The fraction of sp³-hybridized carbons (Fsp3) is 0.222. The molecule has 188 valence electrons. The van der Waals surface area contributed by atoms with Gasteiger partial charge in [0, 0.05) is 24.6 Å². The van der Waals surface area contributed by atoms with Crippen LogP contribution in [0.25, 0.3) is 16.8 Å². The Kier molecular flexibility index (Phi) is 6.57. The molecule has 1 heterocycles. The monoisotopic (exact) mass is 514 g/mol. The first-order valence-electron chi connectivity index (χ1n) is 11.1. The number of sulfone groups is 1. The van der Waals surface area contributed by atoms with E-state index >= 15 is 0 Å². The van der Waals surface area contributed by atoms with Gasteiger partial charge in [0.1, 0.15) is 11.4 Å². The van der Waals surface area contributed by atoms with Gasteiger partial charge in [-0.25, -0.2) is 13.4 Å². The van der Waals surface area contributed by atoms with Gasteiger partial charge in [0.15, 0.2) is 9.84 Å². The predicted octanol–water partition coefficient (Wildman–Crippen LogP) is 5.78. The van der Waals surface area contributed by atoms with Crippen molar-refractivity contribution in [3.8, 4) is 16.8 Å². The Morgan fingerprint density at radius 2 is 1.58 bits per heavy atom. The lowest BCUT2D eigenvalue weighted by Gasteiger charge is -2.14. The van der Waals surface area contributed by atoms with Crippen LogP contribution in [0.4, 0.5) is 13.2 Å². The summed E-state index contributed by atoms with van der Waals surface area (Å²) in [7, 11) is -3.36. The highest BCUT2D eigenvalue weighted by Crippen LogP contribution is 2.33. The van der Waals surface area contributed by atoms with Crippen LogP contribution in [0.1, 0.15) is 36.5 Å². The molecule has 1 aromatic heterocycles. The Labute approximate surface area is 207 Å². The summed E-state index contributed by atoms with van der Waals surface area (Å²) in [6, 6.07) is 19.1. The SMILES string of the molecule is CC(C)(O)c1cn(-c2ccc(-c3cccc(S(C)(=O)=O)c3)cc2)c(Cc2ccccc2C(F)(F)F)n1. The molecule has 0 atom stereocenters. The van der Waals surface area contributed by atoms with Crippen molar-refractivity contribution < 1.29 is 26.7 Å². The summed E-state index contributed by atoms with van der Waals surface area (Å²) in [6.07, 6.45) is -1.84. The fourth-order valence-corrected chi connectivity index (χ4v) is 4.57. The third-order valence-electron chi connectivity index (χ3n) is 5.82. The molecule has 1 N–H and O–H groups in total. The molecular weight excluding hydrogens is 489 g/mol. The quantitative estimate of drug-likeness (QED) is 0.354. The lowest BCUT2D eigenvalue weighted by molar-refractivity contribution is -0.138. The standard InChI is InChI=1S/C27H25F3N2O3S/c1-26(2,33)24-17-32(25(31-24)16-20-7-4-5-10-23(20)27(28,29)30)21-13-11-18(12-14-21)19-8-6-9-22(15-19)36(3,34)35/h4-15,17,33H,16H2,1-3H3. The molecule has 0 amide bonds. The van der Waals surface area contributed by atoms with E-state index in [9.17, 15) is 26.7 Å². The van der Waals surface area contributed by atoms with Crippen molar-refractivity contribution in [2.75, 3.05) is 6.26 Å². The zero-order chi connectivity index (χ0) is 26.3. The van der Waals surface area contributed by atoms with Crippen molar-refractivity contribution in [3.05, 3.63) is 102 Å². The second-order valence-corrected chi connectivity index (χ2v) is 11.2. The Morgan fingerprint density at radius 3 is 2.19 bits per heavy atom. The number of aliphatic hydroxyl groups is 1. The van der Waals surface area contributed by atoms with Crippen LogP contribution in [0.15, 0.2) is 83.9 Å². The van der Waals surface area contributed by atoms with Gasteiger partial charge in [-0.3, -0.25) is 0 Å². The highest BCUT2D eigenvalue weighted by Gasteiger charge is 2.33. The van der Waals surface area contributed by atoms with E-state index in [1.54, 1.807) is 73.1 Å². The van der Waals surface area contributed by atoms with Crippen LogP contribution in [0.5, 0.6) is 0 Å². The molecule has 9 heteroatoms. The number of imidazole rings is 1. The first-order valence-corrected chi connectivity index (χ1v) is 13.0. The van der Waals surface area contributed by atoms with Crippen molar-refractivity contribution >= 4 is 9.84 Å². The van der Waals surface area contributed by atoms with E-state index in [1.165, 1.54) is 18.2 Å². The van der Waals surface area contributed by atoms with Crippen molar-refractivity contribution in [2.24, 2.45) is 0 Å². The molecule has 0 aliphatic carbocycles. The molecule has 0 fully saturated rings. The maximum absolute atomic E-state index is 13.6. The largest absolute Gasteiger partial charge is 0.416 e. The molecule has 4 aromatic rings. The van der Waals surface area contributed by atoms with E-state index in [2.05, 4.69) is 4.98 Å². The van der Waals surface area contributed by atoms with E-state index in [-0.39, 0.29) is 16.9 Å². The number of nitrogens with zero attached hydrogens (tertiary/aromatic N) is 2. The molecule has 5 nitrogen and oxygen atoms in total. The number of halogens is 3. The highest BCUT2D eigenvalue weighted by molar-refractivity contribution is 7.90. The normalized spacial score (nSPS) is 12.6. The smallest absolute Gasteiger partial charge is 0.384 e. The van der Waals surface area contributed by atoms with Crippen molar-refractivity contribution in [2.45, 2.75) is 36.9 Å². The van der Waals surface area contributed by atoms with Gasteiger partial charge in [-0.2, -0.15) is 13.2 Å². The molecule has 3 aromatic carbocycles. The van der Waals surface area contributed by atoms with Crippen LogP contribution in [-0.2, 0) is 28.0 Å². The lowest BCUT2D eigenvalue weighted by Crippen LogP contribution is -2.16. The third kappa shape index (κ3) is 5.52. The van der Waals surface area contributed by atoms with Crippen molar-refractivity contribution in [3.63, 3.8) is 0 Å². The number of aromatic nitrogens is 2. The molecule has 0 saturated carbocycles. The summed E-state index contributed by atoms with van der Waals surface area (Å²) >= 11 is 0. The van der Waals surface area contributed by atoms with Gasteiger partial charge in [0.05, 0.1) is 16.2 Å². The summed E-state index contributed by atoms with van der Waals surface area (Å²) < 4.78 is 66.2. The first kappa shape index (κ1) is 25.7. The van der Waals surface area contributed by atoms with Crippen LogP contribution in [-0.4, -0.2) is 29.3 Å². The van der Waals surface area contributed by atoms with Crippen LogP contribution in [0, 0.1) is 0 Å². The van der Waals surface area contributed by atoms with E-state index in [1.807, 2.05) is 0 Å². The van der Waals surface area contributed by atoms with Gasteiger partial charge >= 0.3 is 6.18 Å². The van der Waals surface area contributed by atoms with Gasteiger partial charge in [0.25, 0.3) is 0 Å². The average molecular weight is 515 g/mol. The summed E-state index contributed by atoms with van der Waals surface area (Å²) in [5, 5.41) is 10.5. The lowest BCUT2D eigenvalue weighted by atomic mass is 10.0. The van der Waals surface area contributed by atoms with Gasteiger partial charge in [-0.15, -0.1) is 0 Å². The van der Waals surface area contributed by atoms with Crippen LogP contribution >= 0.6 is 0 Å². The average Bonchev–Trinajstić information content (AvgIpc) is 3.23. The second-order valence-electron chi connectivity index (χ2n) is 9.15. The molecule has 4 rings (SSSR count). The topological polar surface area (TPSA) is 72.2 Å². The molecule has 0 aliphatic heterocycles. The Morgan fingerprint density at radius 1 is 0.917 bits per heavy atom. The van der Waals surface area contributed by atoms with Crippen LogP contribution in [0.2, 0.25) is 0 Å². The summed E-state index contributed by atoms with van der Waals surface area (Å²) in [4.78, 5) is 4.68. The van der Waals surface area contributed by atoms with E-state index in [0.29, 0.717) is 22.8 Å². The second kappa shape index (κ2) is 9.22. The van der Waals surface area contributed by atoms with E-state index < -0.39 is 27.2 Å². The summed E-state index contributed by atoms with van der Waals surface area (Å²) in [5.41, 5.74) is 0.504. The molecule has 0 unspecified atom stereocenters. The maximum atomic E-state index is 13.6. The number of alkyl halides is 3. The van der Waals surface area contributed by atoms with Crippen molar-refractivity contribution in [1.82, 2.24) is 9.55 Å². The number of benzene rings is 3. The van der Waals surface area contributed by atoms with E-state index in [4.69, 9.17) is 0 Å². The number of rotatable bonds is 6. The van der Waals surface area contributed by atoms with Crippen LogP contribution < -0.4 is 0 Å². The van der Waals surface area contributed by atoms with Crippen LogP contribution in [0.3, 0.4) is 0 Å². The van der Waals surface area contributed by atoms with Gasteiger partial charge in [0.2, 0.25) is 0 Å². The van der Waals surface area contributed by atoms with E-state index in [0.717, 1.165) is 17.9 Å². The molecule has 0 spiro atoms. The zero-order valence-electron chi connectivity index (χ0n) is 19.9. The fourth-order valence-electron chi connectivity index (χ4n) is 3.90. The molecule has 0 radical (unpaired) electrons. The zero-order valence-corrected chi connectivity index (χ0v) is 20.7. The molecule has 0 bridgehead atoms. The van der Waals surface area contributed by atoms with Gasteiger partial charge < -0.3 is 9.67 Å². The first-order chi connectivity index (χ1) is 16.7. The third-order valence-corrected chi connectivity index (χ3v) is 6.93. The molecule has 0 saturated heterocycles. The number of hydrogen-bond acceptors (Lipinski definition) is 4.